The zero-order valence-electron chi connectivity index (χ0n) is 35.0. The van der Waals surface area contributed by atoms with Crippen LogP contribution in [0.2, 0.25) is 6.04 Å². The van der Waals surface area contributed by atoms with Crippen molar-refractivity contribution in [2.45, 2.75) is 141 Å². The molecule has 0 spiro atoms. The third-order valence-corrected chi connectivity index (χ3v) is 15.2. The fraction of sp³-hybridized carbons (Fsp3) is 0.778. The molecule has 3 atom stereocenters. The molecular weight excluding hydrogens is 795 g/mol. The van der Waals surface area contributed by atoms with Crippen molar-refractivity contribution < 1.29 is 96.0 Å². The molecule has 0 radical (unpaired) electrons. The molecule has 0 aliphatic heterocycles. The molecule has 0 aliphatic carbocycles. The molecule has 19 heteroatoms. The molecule has 1 aromatic rings. The van der Waals surface area contributed by atoms with E-state index >= 15 is 0 Å². The number of primary sulfonamides is 2. The molecule has 318 valence electrons. The molecule has 0 heterocycles. The summed E-state index contributed by atoms with van der Waals surface area (Å²) in [5.41, 5.74) is -4.83. The van der Waals surface area contributed by atoms with Crippen LogP contribution in [-0.2, 0) is 52.4 Å². The summed E-state index contributed by atoms with van der Waals surface area (Å²) in [6.45, 7) is 14.8. The molecule has 0 saturated heterocycles. The minimum atomic E-state index is -5.85. The molecule has 0 saturated carbocycles. The van der Waals surface area contributed by atoms with Gasteiger partial charge in [0.05, 0.1) is 25.0 Å². The van der Waals surface area contributed by atoms with Gasteiger partial charge < -0.3 is 22.8 Å². The van der Waals surface area contributed by atoms with Gasteiger partial charge in [0.2, 0.25) is 0 Å². The van der Waals surface area contributed by atoms with Crippen molar-refractivity contribution >= 4 is 40.8 Å². The first-order chi connectivity index (χ1) is 25.2. The van der Waals surface area contributed by atoms with Gasteiger partial charge in [-0.15, -0.1) is 4.13 Å². The number of carbonyl (C=O) groups is 2. The van der Waals surface area contributed by atoms with Crippen LogP contribution in [0, 0.1) is 11.8 Å². The predicted octanol–water partition coefficient (Wildman–Crippen LogP) is 4.48. The van der Waals surface area contributed by atoms with E-state index in [0.717, 1.165) is 43.4 Å². The molecule has 55 heavy (non-hydrogen) atoms. The molecule has 0 bridgehead atoms. The van der Waals surface area contributed by atoms with Gasteiger partial charge in [0, 0.05) is 27.4 Å². The molecule has 2 N–H and O–H groups in total. The number of sulfonamides is 2. The van der Waals surface area contributed by atoms with Gasteiger partial charge in [-0.25, -0.2) is 0 Å². The van der Waals surface area contributed by atoms with Crippen LogP contribution in [0.3, 0.4) is 0 Å². The SMILES string of the molecule is CCC(C)C(=O)OCCC[Si](OC)(OC)OC.CCC(C)c1ccc(S(=O)(=O)[NH2+]S(=O)(=O)C(F)(F)F)cc1.CCCCCCCCCOC(=O)C(C)CC.[Na+]. The van der Waals surface area contributed by atoms with Crippen LogP contribution in [0.4, 0.5) is 13.2 Å². The van der Waals surface area contributed by atoms with Gasteiger partial charge in [0.15, 0.2) is 0 Å². The van der Waals surface area contributed by atoms with Crippen molar-refractivity contribution in [3.05, 3.63) is 29.8 Å². The van der Waals surface area contributed by atoms with Crippen LogP contribution < -0.4 is 33.7 Å². The quantitative estimate of drug-likeness (QED) is 0.0886. The third kappa shape index (κ3) is 24.4. The molecule has 3 unspecified atom stereocenters. The van der Waals surface area contributed by atoms with E-state index in [-0.39, 0.29) is 59.2 Å². The van der Waals surface area contributed by atoms with Gasteiger partial charge in [-0.1, -0.05) is 99.1 Å². The number of hydrogen-bond donors (Lipinski definition) is 1. The predicted molar refractivity (Wildman–Crippen MR) is 204 cm³/mol. The van der Waals surface area contributed by atoms with E-state index in [9.17, 15) is 39.6 Å². The smallest absolute Gasteiger partial charge is 0.465 e. The molecule has 1 aromatic carbocycles. The minimum absolute atomic E-state index is 0. The van der Waals surface area contributed by atoms with Crippen molar-refractivity contribution in [1.29, 1.82) is 0 Å². The Morgan fingerprint density at radius 2 is 1.11 bits per heavy atom. The van der Waals surface area contributed by atoms with E-state index in [1.54, 1.807) is 21.3 Å². The zero-order chi connectivity index (χ0) is 42.0. The summed E-state index contributed by atoms with van der Waals surface area (Å²) in [4.78, 5) is 22.2. The van der Waals surface area contributed by atoms with Crippen molar-refractivity contribution in [2.24, 2.45) is 11.8 Å². The molecular formula is C36H67F3NNaO11S2Si+2. The number of hydrogen-bond acceptors (Lipinski definition) is 11. The first-order valence-electron chi connectivity index (χ1n) is 18.7. The van der Waals surface area contributed by atoms with Crippen molar-refractivity contribution in [3.63, 3.8) is 0 Å². The van der Waals surface area contributed by atoms with Gasteiger partial charge in [0.1, 0.15) is 4.90 Å². The number of carbonyl (C=O) groups excluding carboxylic acids is 2. The maximum Gasteiger partial charge on any atom is 1.00 e. The number of nitrogens with two attached hydrogens (primary N) is 1. The Labute approximate surface area is 352 Å². The average molecular weight is 862 g/mol. The number of ether oxygens (including phenoxy) is 2. The van der Waals surface area contributed by atoms with Gasteiger partial charge in [-0.3, -0.25) is 9.59 Å². The Hall–Kier alpha value is -1.09. The number of halogens is 3. The number of alkyl halides is 3. The molecule has 0 fully saturated rings. The average Bonchev–Trinajstić information content (AvgIpc) is 3.14. The second-order valence-electron chi connectivity index (χ2n) is 13.0. The standard InChI is InChI=1S/C14H28O2.C11H14F3NO4S2.C11H24O5Si.Na/c1-4-6-7-8-9-10-11-12-16-14(15)13(3)5-2;1-3-8(2)9-4-6-10(7-5-9)20(16,17)15-21(18,19)11(12,13)14;1-6-10(2)11(12)16-8-7-9-17(13-3,14-4)15-5;/h13H,4-12H2,1-3H3;4-8,15H,3H2,1-2H3;10H,6-9H2,1-5H3;/q;;;+1/p+1. The second kappa shape index (κ2) is 30.9. The Balaban J connectivity index is -0.000000740. The van der Waals surface area contributed by atoms with Crippen molar-refractivity contribution in [3.8, 4) is 0 Å². The van der Waals surface area contributed by atoms with Gasteiger partial charge in [-0.05, 0) is 55.7 Å². The van der Waals surface area contributed by atoms with E-state index in [2.05, 4.69) is 6.92 Å². The summed E-state index contributed by atoms with van der Waals surface area (Å²) in [5, 5.41) is 0. The number of esters is 2. The van der Waals surface area contributed by atoms with Crippen LogP contribution >= 0.6 is 0 Å². The van der Waals surface area contributed by atoms with Crippen LogP contribution in [0.25, 0.3) is 0 Å². The topological polar surface area (TPSA) is 165 Å². The van der Waals surface area contributed by atoms with Gasteiger partial charge in [0.25, 0.3) is 0 Å². The fourth-order valence-corrected chi connectivity index (χ4v) is 8.79. The van der Waals surface area contributed by atoms with E-state index in [0.29, 0.717) is 25.7 Å². The third-order valence-electron chi connectivity index (χ3n) is 8.79. The summed E-state index contributed by atoms with van der Waals surface area (Å²) < 4.78 is 107. The molecule has 0 amide bonds. The number of quaternary nitrogens is 1. The Morgan fingerprint density at radius 1 is 0.691 bits per heavy atom. The summed E-state index contributed by atoms with van der Waals surface area (Å²) in [6.07, 6.45) is 12.0. The molecule has 0 aromatic heterocycles. The van der Waals surface area contributed by atoms with Crippen molar-refractivity contribution in [1.82, 2.24) is 0 Å². The van der Waals surface area contributed by atoms with Crippen molar-refractivity contribution in [2.75, 3.05) is 34.5 Å². The number of unbranched alkanes of at least 4 members (excludes halogenated alkanes) is 6. The summed E-state index contributed by atoms with van der Waals surface area (Å²) in [5.74, 6) is -0.000951. The van der Waals surface area contributed by atoms with Crippen LogP contribution in [0.5, 0.6) is 0 Å². The van der Waals surface area contributed by atoms with E-state index in [4.69, 9.17) is 22.8 Å². The van der Waals surface area contributed by atoms with Gasteiger partial charge >= 0.3 is 75.9 Å². The Kier molecular flexibility index (Phi) is 32.7. The zero-order valence-corrected chi connectivity index (χ0v) is 39.6. The van der Waals surface area contributed by atoms with Crippen LogP contribution in [0.15, 0.2) is 29.2 Å². The van der Waals surface area contributed by atoms with Crippen LogP contribution in [0.1, 0.15) is 131 Å². The summed E-state index contributed by atoms with van der Waals surface area (Å²) in [6, 6.07) is 5.74. The number of rotatable bonds is 24. The monoisotopic (exact) mass is 861 g/mol. The number of benzene rings is 1. The summed E-state index contributed by atoms with van der Waals surface area (Å²) in [7, 11) is -8.33. The molecule has 12 nitrogen and oxygen atoms in total. The second-order valence-corrected chi connectivity index (χ2v) is 20.0. The maximum absolute atomic E-state index is 12.2. The fourth-order valence-electron chi connectivity index (χ4n) is 4.37. The minimum Gasteiger partial charge on any atom is -0.465 e. The Bertz CT molecular complexity index is 1380. The largest absolute Gasteiger partial charge is 1.00 e. The summed E-state index contributed by atoms with van der Waals surface area (Å²) >= 11 is 0. The molecule has 1 rings (SSSR count). The van der Waals surface area contributed by atoms with E-state index < -0.39 is 43.4 Å². The van der Waals surface area contributed by atoms with E-state index in [1.165, 1.54) is 50.7 Å². The first-order valence-corrected chi connectivity index (χ1v) is 23.7. The molecule has 0 aliphatic rings. The van der Waals surface area contributed by atoms with Gasteiger partial charge in [-0.2, -0.15) is 30.0 Å². The van der Waals surface area contributed by atoms with Crippen LogP contribution in [-0.4, -0.2) is 77.6 Å². The maximum atomic E-state index is 12.2. The van der Waals surface area contributed by atoms with E-state index in [1.807, 2.05) is 41.5 Å². The first kappa shape index (κ1) is 58.2. The Morgan fingerprint density at radius 3 is 1.49 bits per heavy atom. The normalized spacial score (nSPS) is 13.5.